The summed E-state index contributed by atoms with van der Waals surface area (Å²) in [6, 6.07) is 6.01. The second-order valence-electron chi connectivity index (χ2n) is 6.66. The number of hydrogen-bond acceptors (Lipinski definition) is 3. The van der Waals surface area contributed by atoms with Crippen molar-refractivity contribution >= 4 is 17.7 Å². The minimum absolute atomic E-state index is 0.00197. The summed E-state index contributed by atoms with van der Waals surface area (Å²) in [5.41, 5.74) is 0.878. The van der Waals surface area contributed by atoms with Gasteiger partial charge in [-0.2, -0.15) is 0 Å². The molecule has 2 unspecified atom stereocenters. The molecule has 1 heterocycles. The fraction of sp³-hybridized carbons (Fsp3) is 0.500. The minimum atomic E-state index is -0.588. The van der Waals surface area contributed by atoms with Crippen molar-refractivity contribution in [3.8, 4) is 0 Å². The van der Waals surface area contributed by atoms with Gasteiger partial charge in [0.1, 0.15) is 5.82 Å². The van der Waals surface area contributed by atoms with E-state index in [-0.39, 0.29) is 42.4 Å². The Morgan fingerprint density at radius 1 is 1.21 bits per heavy atom. The Morgan fingerprint density at radius 2 is 1.88 bits per heavy atom. The normalized spacial score (nSPS) is 22.5. The molecule has 5 nitrogen and oxygen atoms in total. The number of carbonyl (C=O) groups excluding carboxylic acids is 3. The van der Waals surface area contributed by atoms with Crippen molar-refractivity contribution in [1.29, 1.82) is 0 Å². The number of amides is 3. The van der Waals surface area contributed by atoms with Crippen LogP contribution in [-0.2, 0) is 14.4 Å². The molecule has 1 aliphatic heterocycles. The van der Waals surface area contributed by atoms with Crippen LogP contribution < -0.4 is 10.6 Å². The molecule has 1 aliphatic carbocycles. The molecule has 1 aromatic rings. The van der Waals surface area contributed by atoms with Crippen molar-refractivity contribution in [3.63, 3.8) is 0 Å². The average Bonchev–Trinajstić information content (AvgIpc) is 3.16. The topological polar surface area (TPSA) is 75.3 Å². The zero-order valence-electron chi connectivity index (χ0n) is 13.4. The van der Waals surface area contributed by atoms with Crippen molar-refractivity contribution in [3.05, 3.63) is 35.6 Å². The van der Waals surface area contributed by atoms with Gasteiger partial charge >= 0.3 is 0 Å². The Morgan fingerprint density at radius 3 is 2.46 bits per heavy atom. The van der Waals surface area contributed by atoms with Gasteiger partial charge in [0.25, 0.3) is 0 Å². The Kier molecular flexibility index (Phi) is 4.92. The van der Waals surface area contributed by atoms with E-state index in [9.17, 15) is 18.8 Å². The van der Waals surface area contributed by atoms with Gasteiger partial charge in [-0.1, -0.05) is 25.0 Å². The molecule has 2 fully saturated rings. The third-order valence-electron chi connectivity index (χ3n) is 4.91. The lowest BCUT2D eigenvalue weighted by atomic mass is 9.91. The van der Waals surface area contributed by atoms with Gasteiger partial charge in [0.05, 0.1) is 12.0 Å². The standard InChI is InChI=1S/C18H21FN2O3/c19-14-7-5-12(6-8-14)17(11-3-1-2-4-11)20-15(22)9-13-10-16(23)21-18(13)24/h5-8,11,13,17H,1-4,9-10H2,(H,20,22)(H,21,23,24). The summed E-state index contributed by atoms with van der Waals surface area (Å²) < 4.78 is 13.2. The number of benzene rings is 1. The monoisotopic (exact) mass is 332 g/mol. The number of nitrogens with one attached hydrogen (secondary N) is 2. The zero-order valence-corrected chi connectivity index (χ0v) is 13.4. The number of hydrogen-bond donors (Lipinski definition) is 2. The fourth-order valence-corrected chi connectivity index (χ4v) is 3.66. The summed E-state index contributed by atoms with van der Waals surface area (Å²) in [6.45, 7) is 0. The van der Waals surface area contributed by atoms with Gasteiger partial charge in [-0.15, -0.1) is 0 Å². The molecule has 1 saturated heterocycles. The Labute approximate surface area is 140 Å². The van der Waals surface area contributed by atoms with Crippen LogP contribution in [0.2, 0.25) is 0 Å². The predicted octanol–water partition coefficient (Wildman–Crippen LogP) is 2.23. The van der Waals surface area contributed by atoms with Crippen LogP contribution in [0.15, 0.2) is 24.3 Å². The molecule has 0 bridgehead atoms. The molecule has 0 radical (unpaired) electrons. The first kappa shape index (κ1) is 16.6. The van der Waals surface area contributed by atoms with E-state index in [4.69, 9.17) is 0 Å². The van der Waals surface area contributed by atoms with Crippen LogP contribution in [0, 0.1) is 17.7 Å². The van der Waals surface area contributed by atoms with Crippen LogP contribution in [0.4, 0.5) is 4.39 Å². The first-order valence-electron chi connectivity index (χ1n) is 8.41. The predicted molar refractivity (Wildman–Crippen MR) is 85.1 cm³/mol. The summed E-state index contributed by atoms with van der Waals surface area (Å²) in [6.07, 6.45) is 4.35. The average molecular weight is 332 g/mol. The fourth-order valence-electron chi connectivity index (χ4n) is 3.66. The van der Waals surface area contributed by atoms with E-state index < -0.39 is 5.92 Å². The van der Waals surface area contributed by atoms with Crippen LogP contribution in [0.1, 0.15) is 50.1 Å². The van der Waals surface area contributed by atoms with E-state index in [0.29, 0.717) is 5.92 Å². The molecule has 2 atom stereocenters. The van der Waals surface area contributed by atoms with Crippen LogP contribution in [0.25, 0.3) is 0 Å². The van der Waals surface area contributed by atoms with E-state index in [1.807, 2.05) is 0 Å². The van der Waals surface area contributed by atoms with Gasteiger partial charge in [0, 0.05) is 12.8 Å². The number of halogens is 1. The third-order valence-corrected chi connectivity index (χ3v) is 4.91. The van der Waals surface area contributed by atoms with Crippen molar-refractivity contribution in [2.75, 3.05) is 0 Å². The lowest BCUT2D eigenvalue weighted by Gasteiger charge is -2.25. The van der Waals surface area contributed by atoms with Crippen LogP contribution >= 0.6 is 0 Å². The van der Waals surface area contributed by atoms with Gasteiger partial charge in [0.2, 0.25) is 17.7 Å². The molecule has 1 saturated carbocycles. The van der Waals surface area contributed by atoms with E-state index in [1.165, 1.54) is 12.1 Å². The maximum atomic E-state index is 13.2. The smallest absolute Gasteiger partial charge is 0.230 e. The highest BCUT2D eigenvalue weighted by molar-refractivity contribution is 6.04. The van der Waals surface area contributed by atoms with Crippen molar-refractivity contribution in [1.82, 2.24) is 10.6 Å². The van der Waals surface area contributed by atoms with Crippen LogP contribution in [0.5, 0.6) is 0 Å². The Bertz CT molecular complexity index is 638. The summed E-state index contributed by atoms with van der Waals surface area (Å²) >= 11 is 0. The van der Waals surface area contributed by atoms with Gasteiger partial charge < -0.3 is 5.32 Å². The van der Waals surface area contributed by atoms with Gasteiger partial charge in [-0.3, -0.25) is 19.7 Å². The third kappa shape index (κ3) is 3.80. The molecule has 0 aromatic heterocycles. The molecule has 128 valence electrons. The summed E-state index contributed by atoms with van der Waals surface area (Å²) in [5.74, 6) is -1.53. The van der Waals surface area contributed by atoms with Gasteiger partial charge in [0.15, 0.2) is 0 Å². The highest BCUT2D eigenvalue weighted by Gasteiger charge is 2.34. The zero-order chi connectivity index (χ0) is 17.1. The maximum absolute atomic E-state index is 13.2. The van der Waals surface area contributed by atoms with E-state index in [1.54, 1.807) is 12.1 Å². The van der Waals surface area contributed by atoms with Crippen molar-refractivity contribution < 1.29 is 18.8 Å². The van der Waals surface area contributed by atoms with Crippen molar-refractivity contribution in [2.45, 2.75) is 44.6 Å². The number of rotatable bonds is 5. The Balaban J connectivity index is 1.69. The molecule has 3 rings (SSSR count). The highest BCUT2D eigenvalue weighted by atomic mass is 19.1. The molecular weight excluding hydrogens is 311 g/mol. The molecule has 3 amide bonds. The van der Waals surface area contributed by atoms with Gasteiger partial charge in [-0.25, -0.2) is 4.39 Å². The summed E-state index contributed by atoms with van der Waals surface area (Å²) in [4.78, 5) is 35.2. The first-order chi connectivity index (χ1) is 11.5. The second kappa shape index (κ2) is 7.11. The van der Waals surface area contributed by atoms with Crippen LogP contribution in [-0.4, -0.2) is 17.7 Å². The Hall–Kier alpha value is -2.24. The minimum Gasteiger partial charge on any atom is -0.349 e. The quantitative estimate of drug-likeness (QED) is 0.812. The van der Waals surface area contributed by atoms with Crippen molar-refractivity contribution in [2.24, 2.45) is 11.8 Å². The molecule has 2 N–H and O–H groups in total. The SMILES string of the molecule is O=C1CC(CC(=O)NC(c2ccc(F)cc2)C2CCCC2)C(=O)N1. The highest BCUT2D eigenvalue weighted by Crippen LogP contribution is 2.36. The summed E-state index contributed by atoms with van der Waals surface area (Å²) in [5, 5.41) is 5.22. The molecular formula is C18H21FN2O3. The molecule has 6 heteroatoms. The van der Waals surface area contributed by atoms with E-state index in [0.717, 1.165) is 31.2 Å². The molecule has 2 aliphatic rings. The second-order valence-corrected chi connectivity index (χ2v) is 6.66. The number of imide groups is 1. The molecule has 1 aromatic carbocycles. The maximum Gasteiger partial charge on any atom is 0.230 e. The summed E-state index contributed by atoms with van der Waals surface area (Å²) in [7, 11) is 0. The van der Waals surface area contributed by atoms with Crippen LogP contribution in [0.3, 0.4) is 0 Å². The van der Waals surface area contributed by atoms with Gasteiger partial charge in [-0.05, 0) is 36.5 Å². The van der Waals surface area contributed by atoms with E-state index in [2.05, 4.69) is 10.6 Å². The molecule has 24 heavy (non-hydrogen) atoms. The lowest BCUT2D eigenvalue weighted by molar-refractivity contribution is -0.129. The largest absolute Gasteiger partial charge is 0.349 e. The first-order valence-corrected chi connectivity index (χ1v) is 8.41. The van der Waals surface area contributed by atoms with E-state index >= 15 is 0 Å². The lowest BCUT2D eigenvalue weighted by Crippen LogP contribution is -2.34. The number of carbonyl (C=O) groups is 3. The molecule has 0 spiro atoms.